The van der Waals surface area contributed by atoms with Crippen LogP contribution in [0.25, 0.3) is 0 Å². The van der Waals surface area contributed by atoms with E-state index in [9.17, 15) is 57.8 Å². The van der Waals surface area contributed by atoms with Crippen LogP contribution >= 0.6 is 21.6 Å². The predicted octanol–water partition coefficient (Wildman–Crippen LogP) is -0.432. The highest BCUT2D eigenvalue weighted by atomic mass is 33.1. The van der Waals surface area contributed by atoms with E-state index in [1.54, 1.807) is 80.6 Å². The zero-order valence-electron chi connectivity index (χ0n) is 44.7. The number of nitrogens with one attached hydrogen (secondary N) is 8. The summed E-state index contributed by atoms with van der Waals surface area (Å²) in [4.78, 5) is 151. The van der Waals surface area contributed by atoms with E-state index in [1.807, 2.05) is 0 Å². The molecule has 0 unspecified atom stereocenters. The zero-order chi connectivity index (χ0) is 58.3. The van der Waals surface area contributed by atoms with Gasteiger partial charge in [0.15, 0.2) is 0 Å². The summed E-state index contributed by atoms with van der Waals surface area (Å²) in [6.07, 6.45) is 0.345. The van der Waals surface area contributed by atoms with Gasteiger partial charge in [-0.05, 0) is 79.8 Å². The number of carbonyl (C=O) groups excluding carboxylic acids is 11. The van der Waals surface area contributed by atoms with Crippen molar-refractivity contribution in [3.05, 3.63) is 95.6 Å². The van der Waals surface area contributed by atoms with Crippen molar-refractivity contribution in [3.8, 4) is 5.75 Å². The van der Waals surface area contributed by atoms with Gasteiger partial charge in [-0.3, -0.25) is 52.7 Å². The number of phenolic OH excluding ortho intramolecular Hbond substituents is 1. The van der Waals surface area contributed by atoms with Gasteiger partial charge in [0.05, 0.1) is 18.5 Å². The van der Waals surface area contributed by atoms with Gasteiger partial charge in [0, 0.05) is 49.5 Å². The molecule has 5 rings (SSSR count). The first-order valence-electron chi connectivity index (χ1n) is 26.3. The van der Waals surface area contributed by atoms with Crippen LogP contribution in [0.2, 0.25) is 0 Å². The molecule has 26 heteroatoms. The predicted molar refractivity (Wildman–Crippen MR) is 300 cm³/mol. The number of benzene rings is 3. The van der Waals surface area contributed by atoms with Gasteiger partial charge in [-0.15, -0.1) is 0 Å². The van der Waals surface area contributed by atoms with Gasteiger partial charge in [0.1, 0.15) is 48.0 Å². The van der Waals surface area contributed by atoms with Crippen LogP contribution < -0.4 is 59.7 Å². The van der Waals surface area contributed by atoms with E-state index >= 15 is 0 Å². The fraction of sp³-hybridized carbons (Fsp3) is 0.463. The van der Waals surface area contributed by atoms with Crippen LogP contribution in [0, 0.1) is 5.92 Å². The lowest BCUT2D eigenvalue weighted by Gasteiger charge is -2.31. The minimum Gasteiger partial charge on any atom is -0.508 e. The molecule has 0 aromatic heterocycles. The van der Waals surface area contributed by atoms with E-state index in [0.717, 1.165) is 21.6 Å². The quantitative estimate of drug-likeness (QED) is 0.0388. The monoisotopic (exact) mass is 1140 g/mol. The Kier molecular flexibility index (Phi) is 24.9. The van der Waals surface area contributed by atoms with Crippen molar-refractivity contribution in [3.63, 3.8) is 0 Å². The van der Waals surface area contributed by atoms with Gasteiger partial charge < -0.3 is 69.7 Å². The summed E-state index contributed by atoms with van der Waals surface area (Å²) in [7, 11) is 2.26. The lowest BCUT2D eigenvalue weighted by molar-refractivity contribution is -0.142. The highest BCUT2D eigenvalue weighted by Gasteiger charge is 2.40. The highest BCUT2D eigenvalue weighted by Crippen LogP contribution is 2.26. The summed E-state index contributed by atoms with van der Waals surface area (Å²) in [6.45, 7) is 3.31. The van der Waals surface area contributed by atoms with Gasteiger partial charge >= 0.3 is 0 Å². The second-order valence-corrected chi connectivity index (χ2v) is 22.5. The van der Waals surface area contributed by atoms with Crippen molar-refractivity contribution in [1.82, 2.24) is 47.4 Å². The molecule has 3 aromatic rings. The Balaban J connectivity index is 1.39. The summed E-state index contributed by atoms with van der Waals surface area (Å²) >= 11 is 0. The Bertz CT molecular complexity index is 2680. The standard InChI is InChI=1S/C54H72N12O12S2/c1-31(2)25-38-49(73)64-41(28-44(56)68)52(76)65-42(30-80-79-24-21-46(70)60-39(27-33-17-19-34(67)20-18-33)50(74)63-40(51(75)62-38)26-32-11-4-3-5-12-32)54(78)66-23-10-16-43(66)53(77)61-37(48(72)59-29-45(57)69)15-8-9-22-58-47(71)35-13-6-7-14-36(35)55/h3-7,11-14,17-20,31,37-43,67H,8-10,15-16,21-30,55H2,1-2H3,(H2,56,68)(H2,57,69)(H,58,71)(H,59,72)(H,60,70)(H,61,77)(H,62,75)(H,63,74)(H,64,73)(H,65,76)/t37-,38-,39-,40-,41-,42-,43-/m0/s1. The smallest absolute Gasteiger partial charge is 0.253 e. The number of amides is 11. The first-order valence-corrected chi connectivity index (χ1v) is 28.8. The largest absolute Gasteiger partial charge is 0.508 e. The number of phenols is 1. The number of unbranched alkanes of at least 4 members (excludes halogenated alkanes) is 1. The van der Waals surface area contributed by atoms with E-state index < -0.39 is 120 Å². The molecule has 15 N–H and O–H groups in total. The minimum atomic E-state index is -1.67. The van der Waals surface area contributed by atoms with Crippen LogP contribution in [0.1, 0.15) is 86.7 Å². The van der Waals surface area contributed by atoms with Crippen LogP contribution in [0.5, 0.6) is 5.75 Å². The third-order valence-electron chi connectivity index (χ3n) is 13.0. The molecule has 3 aromatic carbocycles. The molecule has 0 aliphatic carbocycles. The van der Waals surface area contributed by atoms with Crippen molar-refractivity contribution in [2.75, 3.05) is 36.9 Å². The topological polar surface area (TPSA) is 386 Å². The van der Waals surface area contributed by atoms with Gasteiger partial charge in [0.25, 0.3) is 5.91 Å². The van der Waals surface area contributed by atoms with Crippen molar-refractivity contribution < 1.29 is 57.8 Å². The molecule has 0 radical (unpaired) electrons. The maximum atomic E-state index is 14.7. The number of nitrogen functional groups attached to an aromatic ring is 1. The fourth-order valence-corrected chi connectivity index (χ4v) is 11.0. The van der Waals surface area contributed by atoms with Crippen molar-refractivity contribution in [1.29, 1.82) is 0 Å². The van der Waals surface area contributed by atoms with Crippen molar-refractivity contribution in [2.45, 2.75) is 120 Å². The van der Waals surface area contributed by atoms with E-state index in [0.29, 0.717) is 41.6 Å². The zero-order valence-corrected chi connectivity index (χ0v) is 46.3. The third kappa shape index (κ3) is 20.4. The van der Waals surface area contributed by atoms with Gasteiger partial charge in [-0.1, -0.05) is 90.0 Å². The van der Waals surface area contributed by atoms with E-state index in [2.05, 4.69) is 42.5 Å². The van der Waals surface area contributed by atoms with Crippen LogP contribution in [0.3, 0.4) is 0 Å². The molecular formula is C54H72N12O12S2. The average molecular weight is 1150 g/mol. The average Bonchev–Trinajstić information content (AvgIpc) is 3.95. The number of rotatable bonds is 20. The molecule has 24 nitrogen and oxygen atoms in total. The normalized spacial score (nSPS) is 21.1. The summed E-state index contributed by atoms with van der Waals surface area (Å²) in [6, 6.07) is 12.0. The Hall–Kier alpha value is -7.87. The number of hydrogen-bond acceptors (Lipinski definition) is 15. The molecule has 0 saturated carbocycles. The number of nitrogens with two attached hydrogens (primary N) is 3. The molecule has 11 amide bonds. The second kappa shape index (κ2) is 31.7. The molecule has 2 aliphatic rings. The number of likely N-dealkylation sites (tertiary alicyclic amines) is 1. The summed E-state index contributed by atoms with van der Waals surface area (Å²) < 4.78 is 0. The Morgan fingerprint density at radius 1 is 0.713 bits per heavy atom. The lowest BCUT2D eigenvalue weighted by Crippen LogP contribution is -2.61. The Labute approximate surface area is 471 Å². The molecule has 2 heterocycles. The number of hydrogen-bond donors (Lipinski definition) is 12. The molecule has 2 aliphatic heterocycles. The molecule has 2 fully saturated rings. The Morgan fingerprint density at radius 2 is 1.32 bits per heavy atom. The fourth-order valence-electron chi connectivity index (χ4n) is 8.90. The molecule has 0 bridgehead atoms. The maximum Gasteiger partial charge on any atom is 0.253 e. The number of primary amides is 2. The highest BCUT2D eigenvalue weighted by molar-refractivity contribution is 8.76. The van der Waals surface area contributed by atoms with E-state index in [-0.39, 0.29) is 74.8 Å². The lowest BCUT2D eigenvalue weighted by atomic mass is 9.99. The molecule has 432 valence electrons. The van der Waals surface area contributed by atoms with E-state index in [4.69, 9.17) is 17.2 Å². The Morgan fingerprint density at radius 3 is 1.99 bits per heavy atom. The number of carbonyl (C=O) groups is 11. The minimum absolute atomic E-state index is 0.0174. The second-order valence-electron chi connectivity index (χ2n) is 19.9. The van der Waals surface area contributed by atoms with Gasteiger partial charge in [-0.25, -0.2) is 0 Å². The van der Waals surface area contributed by atoms with Gasteiger partial charge in [0.2, 0.25) is 59.1 Å². The first-order chi connectivity index (χ1) is 38.2. The number of anilines is 1. The van der Waals surface area contributed by atoms with Crippen molar-refractivity contribution >= 4 is 92.3 Å². The number of para-hydroxylation sites is 1. The molecule has 2 saturated heterocycles. The van der Waals surface area contributed by atoms with Crippen molar-refractivity contribution in [2.24, 2.45) is 17.4 Å². The SMILES string of the molecule is CC(C)C[C@@H]1NC(=O)[C@H](Cc2ccccc2)NC(=O)[C@H](Cc2ccc(O)cc2)NC(=O)CCSSC[C@@H](C(=O)N2CCC[C@H]2C(=O)N[C@@H](CCCCNC(=O)c2ccccc2N)C(=O)NCC(N)=O)NC(=O)[C@H](CC(N)=O)NC1=O. The number of aromatic hydroxyl groups is 1. The van der Waals surface area contributed by atoms with Crippen LogP contribution in [0.4, 0.5) is 5.69 Å². The first kappa shape index (κ1) is 63.0. The van der Waals surface area contributed by atoms with Crippen LogP contribution in [-0.2, 0) is 60.8 Å². The molecule has 80 heavy (non-hydrogen) atoms. The molecular weight excluding hydrogens is 1070 g/mol. The molecule has 0 spiro atoms. The summed E-state index contributed by atoms with van der Waals surface area (Å²) in [5.74, 6) is -8.55. The summed E-state index contributed by atoms with van der Waals surface area (Å²) in [5, 5.41) is 31.3. The molecule has 7 atom stereocenters. The van der Waals surface area contributed by atoms with Crippen LogP contribution in [-0.4, -0.2) is 148 Å². The van der Waals surface area contributed by atoms with E-state index in [1.165, 1.54) is 17.0 Å². The maximum absolute atomic E-state index is 14.7. The van der Waals surface area contributed by atoms with Gasteiger partial charge in [-0.2, -0.15) is 0 Å². The summed E-state index contributed by atoms with van der Waals surface area (Å²) in [5.41, 5.74) is 18.6. The third-order valence-corrected chi connectivity index (χ3v) is 15.4. The number of nitrogens with zero attached hydrogens (tertiary/aromatic N) is 1. The van der Waals surface area contributed by atoms with Crippen LogP contribution in [0.15, 0.2) is 78.9 Å².